The van der Waals surface area contributed by atoms with Gasteiger partial charge in [0.05, 0.1) is 12.7 Å². The number of aromatic carboxylic acids is 1. The van der Waals surface area contributed by atoms with E-state index in [0.717, 1.165) is 11.1 Å². The summed E-state index contributed by atoms with van der Waals surface area (Å²) in [5.74, 6) is 0.575. The van der Waals surface area contributed by atoms with Crippen molar-refractivity contribution < 1.29 is 19.4 Å². The fourth-order valence-corrected chi connectivity index (χ4v) is 2.84. The van der Waals surface area contributed by atoms with Gasteiger partial charge in [0.1, 0.15) is 6.61 Å². The second kappa shape index (κ2) is 8.13. The molecule has 0 aromatic heterocycles. The van der Waals surface area contributed by atoms with Crippen LogP contribution in [0.5, 0.6) is 11.5 Å². The van der Waals surface area contributed by atoms with Crippen LogP contribution in [0.25, 0.3) is 0 Å². The van der Waals surface area contributed by atoms with E-state index in [4.69, 9.17) is 21.1 Å². The lowest BCUT2D eigenvalue weighted by Crippen LogP contribution is -2.05. The van der Waals surface area contributed by atoms with Gasteiger partial charge in [-0.05, 0) is 24.5 Å². The largest absolute Gasteiger partial charge is 0.493 e. The number of carboxylic acid groups (broad SMARTS) is 1. The van der Waals surface area contributed by atoms with Gasteiger partial charge in [-0.25, -0.2) is 4.79 Å². The van der Waals surface area contributed by atoms with Gasteiger partial charge in [0.25, 0.3) is 0 Å². The first-order valence-electron chi connectivity index (χ1n) is 6.86. The molecular weight excluding hydrogens is 336 g/mol. The monoisotopic (exact) mass is 352 g/mol. The Kier molecular flexibility index (Phi) is 6.19. The van der Waals surface area contributed by atoms with Crippen LogP contribution in [0.2, 0.25) is 5.02 Å². The maximum atomic E-state index is 11.2. The Morgan fingerprint density at radius 3 is 2.61 bits per heavy atom. The van der Waals surface area contributed by atoms with Crippen LogP contribution in [0.15, 0.2) is 36.4 Å². The summed E-state index contributed by atoms with van der Waals surface area (Å²) in [6.45, 7) is 0.282. The quantitative estimate of drug-likeness (QED) is 0.795. The average molecular weight is 353 g/mol. The number of carboxylic acids is 1. The predicted molar refractivity (Wildman–Crippen MR) is 93.0 cm³/mol. The molecule has 0 spiro atoms. The number of ether oxygens (including phenoxy) is 2. The molecule has 0 aliphatic rings. The van der Waals surface area contributed by atoms with Crippen LogP contribution in [0, 0.1) is 0 Å². The molecular formula is C17H17ClO4S. The molecule has 0 amide bonds. The van der Waals surface area contributed by atoms with Crippen LogP contribution in [0.3, 0.4) is 0 Å². The molecule has 0 bridgehead atoms. The summed E-state index contributed by atoms with van der Waals surface area (Å²) in [6, 6.07) is 10.5. The van der Waals surface area contributed by atoms with E-state index < -0.39 is 5.97 Å². The van der Waals surface area contributed by atoms with Crippen molar-refractivity contribution in [1.82, 2.24) is 0 Å². The second-order valence-corrected chi connectivity index (χ2v) is 6.06. The zero-order valence-corrected chi connectivity index (χ0v) is 14.4. The van der Waals surface area contributed by atoms with E-state index >= 15 is 0 Å². The van der Waals surface area contributed by atoms with Gasteiger partial charge in [-0.2, -0.15) is 11.8 Å². The molecule has 23 heavy (non-hydrogen) atoms. The molecule has 6 heteroatoms. The molecule has 2 aromatic carbocycles. The van der Waals surface area contributed by atoms with Crippen molar-refractivity contribution in [3.05, 3.63) is 58.1 Å². The molecule has 2 aromatic rings. The number of carbonyl (C=O) groups is 1. The molecule has 0 aliphatic carbocycles. The first-order chi connectivity index (χ1) is 11.1. The van der Waals surface area contributed by atoms with Crippen LogP contribution in [-0.2, 0) is 12.4 Å². The SMILES string of the molecule is COc1cc(C(=O)O)cc(CSC)c1OCc1ccccc1Cl. The highest BCUT2D eigenvalue weighted by molar-refractivity contribution is 7.97. The molecule has 2 rings (SSSR count). The molecule has 0 atom stereocenters. The maximum Gasteiger partial charge on any atom is 0.335 e. The van der Waals surface area contributed by atoms with E-state index in [2.05, 4.69) is 0 Å². The summed E-state index contributed by atoms with van der Waals surface area (Å²) in [7, 11) is 1.49. The number of hydrogen-bond donors (Lipinski definition) is 1. The van der Waals surface area contributed by atoms with Gasteiger partial charge in [0.2, 0.25) is 0 Å². The molecule has 0 saturated carbocycles. The van der Waals surface area contributed by atoms with E-state index in [1.165, 1.54) is 13.2 Å². The fourth-order valence-electron chi connectivity index (χ4n) is 2.13. The summed E-state index contributed by atoms with van der Waals surface area (Å²) in [4.78, 5) is 11.2. The lowest BCUT2D eigenvalue weighted by atomic mass is 10.1. The van der Waals surface area contributed by atoms with Gasteiger partial charge >= 0.3 is 5.97 Å². The lowest BCUT2D eigenvalue weighted by molar-refractivity contribution is 0.0696. The molecule has 122 valence electrons. The summed E-state index contributed by atoms with van der Waals surface area (Å²) >= 11 is 7.72. The maximum absolute atomic E-state index is 11.2. The molecule has 0 unspecified atom stereocenters. The Bertz CT molecular complexity index is 703. The molecule has 0 aliphatic heterocycles. The summed E-state index contributed by atoms with van der Waals surface area (Å²) in [6.07, 6.45) is 1.94. The average Bonchev–Trinajstić information content (AvgIpc) is 2.54. The second-order valence-electron chi connectivity index (χ2n) is 4.79. The smallest absolute Gasteiger partial charge is 0.335 e. The number of benzene rings is 2. The van der Waals surface area contributed by atoms with E-state index in [0.29, 0.717) is 22.3 Å². The summed E-state index contributed by atoms with van der Waals surface area (Å²) in [5.41, 5.74) is 1.81. The summed E-state index contributed by atoms with van der Waals surface area (Å²) in [5, 5.41) is 9.84. The molecule has 0 heterocycles. The van der Waals surface area contributed by atoms with Crippen LogP contribution in [0.1, 0.15) is 21.5 Å². The number of methoxy groups -OCH3 is 1. The Labute approximate surface area is 144 Å². The van der Waals surface area contributed by atoms with E-state index in [1.807, 2.05) is 24.5 Å². The highest BCUT2D eigenvalue weighted by atomic mass is 35.5. The molecule has 4 nitrogen and oxygen atoms in total. The molecule has 1 N–H and O–H groups in total. The van der Waals surface area contributed by atoms with Crippen molar-refractivity contribution in [2.75, 3.05) is 13.4 Å². The first kappa shape index (κ1) is 17.5. The highest BCUT2D eigenvalue weighted by Gasteiger charge is 2.16. The third kappa shape index (κ3) is 4.33. The van der Waals surface area contributed by atoms with Crippen molar-refractivity contribution in [2.24, 2.45) is 0 Å². The minimum absolute atomic E-state index is 0.177. The standard InChI is InChI=1S/C17H17ClO4S/c1-21-15-8-12(17(19)20)7-13(10-23-2)16(15)22-9-11-5-3-4-6-14(11)18/h3-8H,9-10H2,1-2H3,(H,19,20). The fraction of sp³-hybridized carbons (Fsp3) is 0.235. The Hall–Kier alpha value is -1.85. The van der Waals surface area contributed by atoms with Crippen molar-refractivity contribution >= 4 is 29.3 Å². The third-order valence-corrected chi connectivity index (χ3v) is 4.20. The van der Waals surface area contributed by atoms with E-state index in [9.17, 15) is 9.90 Å². The number of halogens is 1. The van der Waals surface area contributed by atoms with Crippen LogP contribution in [0.4, 0.5) is 0 Å². The van der Waals surface area contributed by atoms with Gasteiger partial charge in [-0.3, -0.25) is 0 Å². The van der Waals surface area contributed by atoms with Gasteiger partial charge in [-0.1, -0.05) is 29.8 Å². The topological polar surface area (TPSA) is 55.8 Å². The van der Waals surface area contributed by atoms with Crippen molar-refractivity contribution in [3.63, 3.8) is 0 Å². The number of thioether (sulfide) groups is 1. The predicted octanol–water partition coefficient (Wildman–Crippen LogP) is 4.49. The highest BCUT2D eigenvalue weighted by Crippen LogP contribution is 2.35. The molecule has 0 radical (unpaired) electrons. The minimum atomic E-state index is -0.997. The van der Waals surface area contributed by atoms with Crippen LogP contribution >= 0.6 is 23.4 Å². The first-order valence-corrected chi connectivity index (χ1v) is 8.63. The van der Waals surface area contributed by atoms with E-state index in [-0.39, 0.29) is 12.2 Å². The minimum Gasteiger partial charge on any atom is -0.493 e. The Balaban J connectivity index is 2.35. The lowest BCUT2D eigenvalue weighted by Gasteiger charge is -2.16. The zero-order valence-electron chi connectivity index (χ0n) is 12.8. The Morgan fingerprint density at radius 2 is 2.00 bits per heavy atom. The van der Waals surface area contributed by atoms with Crippen molar-refractivity contribution in [1.29, 1.82) is 0 Å². The van der Waals surface area contributed by atoms with Crippen LogP contribution in [-0.4, -0.2) is 24.4 Å². The van der Waals surface area contributed by atoms with Crippen molar-refractivity contribution in [2.45, 2.75) is 12.4 Å². The third-order valence-electron chi connectivity index (χ3n) is 3.23. The molecule has 0 fully saturated rings. The van der Waals surface area contributed by atoms with E-state index in [1.54, 1.807) is 23.9 Å². The summed E-state index contributed by atoms with van der Waals surface area (Å²) < 4.78 is 11.2. The van der Waals surface area contributed by atoms with Crippen molar-refractivity contribution in [3.8, 4) is 11.5 Å². The van der Waals surface area contributed by atoms with Gasteiger partial charge in [-0.15, -0.1) is 0 Å². The van der Waals surface area contributed by atoms with Gasteiger partial charge in [0.15, 0.2) is 11.5 Å². The Morgan fingerprint density at radius 1 is 1.26 bits per heavy atom. The number of hydrogen-bond acceptors (Lipinski definition) is 4. The molecule has 0 saturated heterocycles. The van der Waals surface area contributed by atoms with Gasteiger partial charge in [0, 0.05) is 21.9 Å². The normalized spacial score (nSPS) is 10.4. The number of rotatable bonds is 7. The van der Waals surface area contributed by atoms with Gasteiger partial charge < -0.3 is 14.6 Å². The zero-order chi connectivity index (χ0) is 16.8. The van der Waals surface area contributed by atoms with Crippen LogP contribution < -0.4 is 9.47 Å².